The van der Waals surface area contributed by atoms with E-state index in [4.69, 9.17) is 18.6 Å². The van der Waals surface area contributed by atoms with Crippen LogP contribution in [0.5, 0.6) is 28.7 Å². The van der Waals surface area contributed by atoms with Crippen molar-refractivity contribution in [3.05, 3.63) is 101 Å². The zero-order valence-corrected chi connectivity index (χ0v) is 20.5. The van der Waals surface area contributed by atoms with Crippen LogP contribution in [0.4, 0.5) is 0 Å². The molecule has 2 heterocycles. The molecule has 2 N–H and O–H groups in total. The molecule has 38 heavy (non-hydrogen) atoms. The van der Waals surface area contributed by atoms with E-state index in [1.54, 1.807) is 43.3 Å². The largest absolute Gasteiger partial charge is 0.508 e. The second kappa shape index (κ2) is 9.05. The summed E-state index contributed by atoms with van der Waals surface area (Å²) in [4.78, 5) is 13.0. The first-order valence-corrected chi connectivity index (χ1v) is 11.9. The summed E-state index contributed by atoms with van der Waals surface area (Å²) >= 11 is 0. The number of hydrogen-bond acceptors (Lipinski definition) is 7. The standard InChI is InChI=1S/C31H22O7/c1-17-22(33)16-26-27-21(15-23(36-26)18-9-5-3-6-10-18)30(38-29(17)27)28-24(35-2)13-20(32)14-25(28)37-31(34)19-11-7-4-8-12-19/h3-16,32-33H,1-2H3. The molecule has 0 saturated carbocycles. The molecule has 0 saturated heterocycles. The molecule has 4 aromatic carbocycles. The number of carbonyl (C=O) groups excluding carboxylic acids is 1. The van der Waals surface area contributed by atoms with Crippen molar-refractivity contribution in [2.24, 2.45) is 0 Å². The molecule has 1 aliphatic heterocycles. The molecule has 1 aliphatic rings. The number of rotatable bonds is 5. The van der Waals surface area contributed by atoms with Crippen LogP contribution in [0, 0.1) is 6.92 Å². The van der Waals surface area contributed by atoms with E-state index in [9.17, 15) is 15.0 Å². The summed E-state index contributed by atoms with van der Waals surface area (Å²) < 4.78 is 23.9. The van der Waals surface area contributed by atoms with Crippen molar-refractivity contribution in [2.75, 3.05) is 7.11 Å². The number of carbonyl (C=O) groups is 1. The zero-order valence-electron chi connectivity index (χ0n) is 20.5. The van der Waals surface area contributed by atoms with Crippen molar-refractivity contribution in [3.63, 3.8) is 0 Å². The number of benzene rings is 4. The average molecular weight is 507 g/mol. The fourth-order valence-corrected chi connectivity index (χ4v) is 4.58. The molecule has 7 heteroatoms. The van der Waals surface area contributed by atoms with Gasteiger partial charge in [0.2, 0.25) is 0 Å². The van der Waals surface area contributed by atoms with Crippen molar-refractivity contribution in [3.8, 4) is 40.1 Å². The Balaban J connectivity index is 1.61. The molecule has 188 valence electrons. The summed E-state index contributed by atoms with van der Waals surface area (Å²) in [6.45, 7) is 1.74. The van der Waals surface area contributed by atoms with Crippen LogP contribution in [-0.4, -0.2) is 23.3 Å². The van der Waals surface area contributed by atoms with E-state index in [0.29, 0.717) is 50.5 Å². The number of aryl methyl sites for hydroxylation is 1. The summed E-state index contributed by atoms with van der Waals surface area (Å²) in [7, 11) is 1.45. The van der Waals surface area contributed by atoms with Crippen LogP contribution < -0.4 is 14.2 Å². The Morgan fingerprint density at radius 2 is 1.58 bits per heavy atom. The number of aromatic hydroxyl groups is 2. The highest BCUT2D eigenvalue weighted by atomic mass is 16.5. The summed E-state index contributed by atoms with van der Waals surface area (Å²) in [5.41, 5.74) is 3.10. The van der Waals surface area contributed by atoms with Crippen molar-refractivity contribution in [1.29, 1.82) is 0 Å². The number of phenols is 2. The van der Waals surface area contributed by atoms with Crippen molar-refractivity contribution >= 4 is 28.8 Å². The van der Waals surface area contributed by atoms with Gasteiger partial charge in [-0.3, -0.25) is 0 Å². The number of phenolic OH excluding ortho intramolecular Hbond substituents is 2. The van der Waals surface area contributed by atoms with Gasteiger partial charge in [0.1, 0.15) is 51.4 Å². The number of furan rings is 1. The lowest BCUT2D eigenvalue weighted by molar-refractivity contribution is 0.0735. The van der Waals surface area contributed by atoms with E-state index < -0.39 is 5.97 Å². The minimum absolute atomic E-state index is 0.0158. The molecule has 0 amide bonds. The van der Waals surface area contributed by atoms with E-state index in [2.05, 4.69) is 0 Å². The molecular weight excluding hydrogens is 484 g/mol. The normalized spacial score (nSPS) is 12.1. The fourth-order valence-electron chi connectivity index (χ4n) is 4.58. The van der Waals surface area contributed by atoms with Gasteiger partial charge in [-0.15, -0.1) is 0 Å². The Bertz CT molecular complexity index is 1730. The second-order valence-electron chi connectivity index (χ2n) is 8.82. The quantitative estimate of drug-likeness (QED) is 0.197. The van der Waals surface area contributed by atoms with Gasteiger partial charge in [0.05, 0.1) is 18.1 Å². The number of hydrogen-bond donors (Lipinski definition) is 2. The summed E-state index contributed by atoms with van der Waals surface area (Å²) in [6, 6.07) is 22.4. The number of methoxy groups -OCH3 is 1. The zero-order chi connectivity index (χ0) is 26.4. The molecule has 0 atom stereocenters. The molecule has 0 aliphatic carbocycles. The Morgan fingerprint density at radius 3 is 2.29 bits per heavy atom. The number of ether oxygens (including phenoxy) is 3. The van der Waals surface area contributed by atoms with E-state index >= 15 is 0 Å². The molecule has 0 radical (unpaired) electrons. The molecule has 0 bridgehead atoms. The maximum atomic E-state index is 13.0. The van der Waals surface area contributed by atoms with Gasteiger partial charge in [-0.2, -0.15) is 0 Å². The third-order valence-corrected chi connectivity index (χ3v) is 6.45. The SMILES string of the molecule is COc1cc(O)cc(OC(=O)c2ccccc2)c1-c1oc2c(C)c(O)cc3c2c1C=C(c1ccccc1)O3. The average Bonchev–Trinajstić information content (AvgIpc) is 3.32. The van der Waals surface area contributed by atoms with Crippen LogP contribution in [0.15, 0.2) is 83.3 Å². The van der Waals surface area contributed by atoms with Gasteiger partial charge in [-0.25, -0.2) is 4.79 Å². The summed E-state index contributed by atoms with van der Waals surface area (Å²) in [5.74, 6) is 0.853. The molecule has 0 spiro atoms. The molecule has 6 rings (SSSR count). The monoisotopic (exact) mass is 506 g/mol. The lowest BCUT2D eigenvalue weighted by Crippen LogP contribution is -2.09. The van der Waals surface area contributed by atoms with E-state index in [1.807, 2.05) is 36.4 Å². The van der Waals surface area contributed by atoms with Gasteiger partial charge < -0.3 is 28.8 Å². The number of esters is 1. The van der Waals surface area contributed by atoms with Crippen LogP contribution in [0.25, 0.3) is 34.1 Å². The lowest BCUT2D eigenvalue weighted by atomic mass is 9.98. The molecule has 7 nitrogen and oxygen atoms in total. The van der Waals surface area contributed by atoms with E-state index in [1.165, 1.54) is 19.2 Å². The van der Waals surface area contributed by atoms with Gasteiger partial charge in [0.25, 0.3) is 0 Å². The Morgan fingerprint density at radius 1 is 0.895 bits per heavy atom. The predicted octanol–water partition coefficient (Wildman–Crippen LogP) is 6.94. The second-order valence-corrected chi connectivity index (χ2v) is 8.82. The fraction of sp³-hybridized carbons (Fsp3) is 0.0645. The topological polar surface area (TPSA) is 98.4 Å². The first kappa shape index (κ1) is 23.2. The highest BCUT2D eigenvalue weighted by molar-refractivity contribution is 6.07. The minimum Gasteiger partial charge on any atom is -0.508 e. The summed E-state index contributed by atoms with van der Waals surface area (Å²) in [6.07, 6.45) is 1.84. The van der Waals surface area contributed by atoms with E-state index in [-0.39, 0.29) is 23.0 Å². The van der Waals surface area contributed by atoms with Crippen molar-refractivity contribution in [2.45, 2.75) is 6.92 Å². The van der Waals surface area contributed by atoms with E-state index in [0.717, 1.165) is 5.56 Å². The molecule has 0 unspecified atom stereocenters. The van der Waals surface area contributed by atoms with Crippen molar-refractivity contribution < 1.29 is 33.6 Å². The third kappa shape index (κ3) is 3.81. The van der Waals surface area contributed by atoms with Crippen LogP contribution in [0.3, 0.4) is 0 Å². The first-order chi connectivity index (χ1) is 18.4. The predicted molar refractivity (Wildman–Crippen MR) is 143 cm³/mol. The van der Waals surface area contributed by atoms with Crippen LogP contribution in [0.1, 0.15) is 27.0 Å². The Kier molecular flexibility index (Phi) is 5.53. The smallest absolute Gasteiger partial charge is 0.343 e. The maximum absolute atomic E-state index is 13.0. The lowest BCUT2D eigenvalue weighted by Gasteiger charge is -2.18. The molecular formula is C31H22O7. The highest BCUT2D eigenvalue weighted by Crippen LogP contribution is 2.52. The van der Waals surface area contributed by atoms with Crippen molar-refractivity contribution in [1.82, 2.24) is 0 Å². The van der Waals surface area contributed by atoms with Gasteiger partial charge >= 0.3 is 5.97 Å². The van der Waals surface area contributed by atoms with Crippen LogP contribution in [-0.2, 0) is 0 Å². The van der Waals surface area contributed by atoms with Gasteiger partial charge in [0.15, 0.2) is 0 Å². The minimum atomic E-state index is -0.609. The third-order valence-electron chi connectivity index (χ3n) is 6.45. The van der Waals surface area contributed by atoms with Gasteiger partial charge in [-0.05, 0) is 25.1 Å². The Hall–Kier alpha value is -5.17. The molecule has 5 aromatic rings. The molecule has 1 aromatic heterocycles. The van der Waals surface area contributed by atoms with Gasteiger partial charge in [0, 0.05) is 34.9 Å². The highest BCUT2D eigenvalue weighted by Gasteiger charge is 2.30. The van der Waals surface area contributed by atoms with Crippen LogP contribution in [0.2, 0.25) is 0 Å². The Labute approximate surface area is 217 Å². The van der Waals surface area contributed by atoms with Gasteiger partial charge in [-0.1, -0.05) is 48.5 Å². The molecule has 0 fully saturated rings. The van der Waals surface area contributed by atoms with Crippen LogP contribution >= 0.6 is 0 Å². The first-order valence-electron chi connectivity index (χ1n) is 11.9. The summed E-state index contributed by atoms with van der Waals surface area (Å²) in [5, 5.41) is 21.7. The maximum Gasteiger partial charge on any atom is 0.343 e.